The van der Waals surface area contributed by atoms with Gasteiger partial charge in [0.25, 0.3) is 0 Å². The molecule has 1 heteroatoms. The van der Waals surface area contributed by atoms with Crippen molar-refractivity contribution in [1.29, 1.82) is 0 Å². The third kappa shape index (κ3) is 4.85. The van der Waals surface area contributed by atoms with Gasteiger partial charge in [-0.3, -0.25) is 0 Å². The zero-order chi connectivity index (χ0) is 33.1. The van der Waals surface area contributed by atoms with Crippen molar-refractivity contribution in [2.75, 3.05) is 0 Å². The highest BCUT2D eigenvalue weighted by molar-refractivity contribution is 6.21. The first-order chi connectivity index (χ1) is 24.0. The second-order valence-electron chi connectivity index (χ2n) is 13.9. The van der Waals surface area contributed by atoms with E-state index < -0.39 is 0 Å². The maximum Gasteiger partial charge on any atom is 0.131 e. The van der Waals surface area contributed by atoms with Crippen molar-refractivity contribution in [3.63, 3.8) is 0 Å². The van der Waals surface area contributed by atoms with Gasteiger partial charge in [-0.2, -0.15) is 0 Å². The molecule has 234 valence electrons. The van der Waals surface area contributed by atoms with E-state index in [0.717, 1.165) is 23.3 Å². The predicted octanol–water partition coefficient (Wildman–Crippen LogP) is 13.0. The molecule has 0 spiro atoms. The topological polar surface area (TPSA) is 9.23 Å². The van der Waals surface area contributed by atoms with Crippen LogP contribution in [-0.2, 0) is 11.8 Å². The van der Waals surface area contributed by atoms with Crippen molar-refractivity contribution < 1.29 is 4.74 Å². The monoisotopic (exact) mass is 628 g/mol. The first-order valence-electron chi connectivity index (χ1n) is 17.1. The summed E-state index contributed by atoms with van der Waals surface area (Å²) in [5.41, 5.74) is 10.8. The molecule has 0 unspecified atom stereocenters. The molecule has 0 saturated heterocycles. The van der Waals surface area contributed by atoms with Crippen LogP contribution in [0.4, 0.5) is 0 Å². The van der Waals surface area contributed by atoms with Crippen molar-refractivity contribution in [3.8, 4) is 39.1 Å². The third-order valence-electron chi connectivity index (χ3n) is 10.4. The van der Waals surface area contributed by atoms with Crippen LogP contribution in [0.3, 0.4) is 0 Å². The Hall–Kier alpha value is -5.92. The minimum Gasteiger partial charge on any atom is -0.457 e. The molecule has 0 radical (unpaired) electrons. The molecule has 0 N–H and O–H groups in total. The second-order valence-corrected chi connectivity index (χ2v) is 13.9. The Morgan fingerprint density at radius 3 is 1.73 bits per heavy atom. The molecule has 1 aliphatic heterocycles. The molecule has 9 rings (SSSR count). The fraction of sp³-hybridized carbons (Fsp3) is 0.0833. The quantitative estimate of drug-likeness (QED) is 0.177. The van der Waals surface area contributed by atoms with Gasteiger partial charge in [0.15, 0.2) is 0 Å². The molecule has 0 atom stereocenters. The Bertz CT molecular complexity index is 2540. The number of rotatable bonds is 3. The van der Waals surface area contributed by atoms with E-state index in [2.05, 4.69) is 178 Å². The number of benzene rings is 8. The molecular formula is C48H36O. The summed E-state index contributed by atoms with van der Waals surface area (Å²) in [4.78, 5) is 0. The molecule has 49 heavy (non-hydrogen) atoms. The number of hydrogen-bond donors (Lipinski definition) is 0. The van der Waals surface area contributed by atoms with E-state index in [0.29, 0.717) is 5.76 Å². The van der Waals surface area contributed by atoms with Crippen molar-refractivity contribution in [2.45, 2.75) is 25.7 Å². The van der Waals surface area contributed by atoms with E-state index in [9.17, 15) is 0 Å². The van der Waals surface area contributed by atoms with Crippen LogP contribution in [0.25, 0.3) is 71.5 Å². The molecule has 0 aromatic heterocycles. The minimum absolute atomic E-state index is 0.0683. The van der Waals surface area contributed by atoms with Crippen molar-refractivity contribution in [3.05, 3.63) is 181 Å². The molecule has 8 aromatic carbocycles. The second kappa shape index (κ2) is 11.4. The number of ether oxygens (including phenoxy) is 1. The highest BCUT2D eigenvalue weighted by Crippen LogP contribution is 2.47. The molecule has 1 heterocycles. The first-order valence-corrected chi connectivity index (χ1v) is 17.1. The maximum atomic E-state index is 6.63. The van der Waals surface area contributed by atoms with Crippen LogP contribution in [0, 0.1) is 0 Å². The zero-order valence-corrected chi connectivity index (χ0v) is 27.8. The van der Waals surface area contributed by atoms with Gasteiger partial charge in [0.1, 0.15) is 11.5 Å². The van der Waals surface area contributed by atoms with Gasteiger partial charge in [-0.05, 0) is 101 Å². The Balaban J connectivity index is 1.24. The molecule has 0 bridgehead atoms. The van der Waals surface area contributed by atoms with E-state index in [1.54, 1.807) is 0 Å². The van der Waals surface area contributed by atoms with Gasteiger partial charge >= 0.3 is 0 Å². The summed E-state index contributed by atoms with van der Waals surface area (Å²) in [6, 6.07) is 57.3. The normalized spacial score (nSPS) is 13.8. The van der Waals surface area contributed by atoms with Crippen molar-refractivity contribution >= 4 is 38.1 Å². The van der Waals surface area contributed by atoms with E-state index in [1.165, 1.54) is 71.3 Å². The lowest BCUT2D eigenvalue weighted by Gasteiger charge is -2.32. The van der Waals surface area contributed by atoms with E-state index >= 15 is 0 Å². The van der Waals surface area contributed by atoms with Crippen LogP contribution in [0.1, 0.15) is 30.5 Å². The highest BCUT2D eigenvalue weighted by atomic mass is 16.5. The average molecular weight is 629 g/mol. The smallest absolute Gasteiger partial charge is 0.131 e. The van der Waals surface area contributed by atoms with Gasteiger partial charge in [0.2, 0.25) is 0 Å². The summed E-state index contributed by atoms with van der Waals surface area (Å²) in [7, 11) is 0. The molecule has 1 nitrogen and oxygen atoms in total. The van der Waals surface area contributed by atoms with Crippen LogP contribution in [0.5, 0.6) is 5.75 Å². The Kier molecular flexibility index (Phi) is 6.78. The van der Waals surface area contributed by atoms with Crippen molar-refractivity contribution in [2.24, 2.45) is 0 Å². The summed E-state index contributed by atoms with van der Waals surface area (Å²) in [6.45, 7) is 9.03. The summed E-state index contributed by atoms with van der Waals surface area (Å²) in [5, 5.41) is 7.44. The van der Waals surface area contributed by atoms with Crippen LogP contribution < -0.4 is 4.74 Å². The lowest BCUT2D eigenvalue weighted by molar-refractivity contribution is 0.459. The number of fused-ring (bicyclic) bond motifs is 5. The van der Waals surface area contributed by atoms with Gasteiger partial charge in [0.05, 0.1) is 0 Å². The molecule has 0 aliphatic carbocycles. The van der Waals surface area contributed by atoms with Gasteiger partial charge in [-0.15, -0.1) is 0 Å². The Morgan fingerprint density at radius 1 is 0.490 bits per heavy atom. The number of hydrogen-bond acceptors (Lipinski definition) is 1. The molecule has 0 amide bonds. The van der Waals surface area contributed by atoms with Crippen molar-refractivity contribution in [1.82, 2.24) is 0 Å². The van der Waals surface area contributed by atoms with E-state index in [4.69, 9.17) is 4.74 Å². The van der Waals surface area contributed by atoms with E-state index in [1.807, 2.05) is 0 Å². The Morgan fingerprint density at radius 2 is 1.02 bits per heavy atom. The summed E-state index contributed by atoms with van der Waals surface area (Å²) < 4.78 is 6.63. The van der Waals surface area contributed by atoms with Crippen LogP contribution in [0.15, 0.2) is 164 Å². The third-order valence-corrected chi connectivity index (χ3v) is 10.4. The molecule has 1 aliphatic rings. The van der Waals surface area contributed by atoms with Gasteiger partial charge < -0.3 is 4.74 Å². The van der Waals surface area contributed by atoms with Crippen LogP contribution >= 0.6 is 0 Å². The van der Waals surface area contributed by atoms with Gasteiger partial charge in [-0.25, -0.2) is 0 Å². The van der Waals surface area contributed by atoms with Crippen LogP contribution in [0.2, 0.25) is 0 Å². The minimum atomic E-state index is -0.0683. The fourth-order valence-electron chi connectivity index (χ4n) is 8.10. The van der Waals surface area contributed by atoms with Gasteiger partial charge in [-0.1, -0.05) is 166 Å². The fourth-order valence-corrected chi connectivity index (χ4v) is 8.10. The van der Waals surface area contributed by atoms with Crippen LogP contribution in [-0.4, -0.2) is 0 Å². The lowest BCUT2D eigenvalue weighted by atomic mass is 9.76. The first kappa shape index (κ1) is 29.2. The predicted molar refractivity (Wildman–Crippen MR) is 208 cm³/mol. The Labute approximate surface area is 287 Å². The van der Waals surface area contributed by atoms with E-state index in [-0.39, 0.29) is 5.41 Å². The SMILES string of the molecule is C=C1Oc2cc(-c3c4ccccc4c(-c4cccc(-c5cccc6ccccc56)c4)c4ccccc34)ccc2CC(C)(C)c2ccccc21. The summed E-state index contributed by atoms with van der Waals surface area (Å²) >= 11 is 0. The zero-order valence-electron chi connectivity index (χ0n) is 27.8. The highest BCUT2D eigenvalue weighted by Gasteiger charge is 2.29. The largest absolute Gasteiger partial charge is 0.457 e. The summed E-state index contributed by atoms with van der Waals surface area (Å²) in [6.07, 6.45) is 0.875. The molecule has 0 fully saturated rings. The summed E-state index contributed by atoms with van der Waals surface area (Å²) in [5.74, 6) is 1.57. The lowest BCUT2D eigenvalue weighted by Crippen LogP contribution is -2.24. The average Bonchev–Trinajstić information content (AvgIpc) is 3.14. The molecular weight excluding hydrogens is 593 g/mol. The molecule has 8 aromatic rings. The standard InChI is InChI=1S/C48H36O/c1-31-37-18-10-11-25-44(37)48(2,3)30-36-27-26-35(29-45(36)49-31)47-42-22-8-6-20-40(42)46(41-21-7-9-23-43(41)47)34-17-12-16-33(28-34)39-24-13-15-32-14-4-5-19-38(32)39/h4-29H,1,30H2,2-3H3. The maximum absolute atomic E-state index is 6.63. The van der Waals surface area contributed by atoms with Gasteiger partial charge in [0, 0.05) is 5.56 Å². The molecule has 0 saturated carbocycles.